The number of anilines is 1. The number of sulfonamides is 1. The van der Waals surface area contributed by atoms with E-state index in [0.29, 0.717) is 36.6 Å². The highest BCUT2D eigenvalue weighted by molar-refractivity contribution is 7.89. The topological polar surface area (TPSA) is 96.5 Å². The quantitative estimate of drug-likeness (QED) is 0.365. The summed E-state index contributed by atoms with van der Waals surface area (Å²) in [6.07, 6.45) is 1.47. The first-order valence-electron chi connectivity index (χ1n) is 10.9. The van der Waals surface area contributed by atoms with E-state index in [1.165, 1.54) is 12.1 Å². The van der Waals surface area contributed by atoms with Gasteiger partial charge in [-0.1, -0.05) is 43.3 Å². The Bertz CT molecular complexity index is 1210. The SMILES string of the molecule is CCCOc1cccc(C(=O)NC(=S)Nc2ccc(S(=O)(=O)NCCc3ccccc3)cc2)c1. The average molecular weight is 498 g/mol. The number of hydrogen-bond acceptors (Lipinski definition) is 5. The molecule has 0 radical (unpaired) electrons. The van der Waals surface area contributed by atoms with Crippen LogP contribution >= 0.6 is 12.2 Å². The average Bonchev–Trinajstić information content (AvgIpc) is 2.84. The van der Waals surface area contributed by atoms with Crippen LogP contribution in [0.3, 0.4) is 0 Å². The Balaban J connectivity index is 1.52. The Morgan fingerprint density at radius 3 is 2.41 bits per heavy atom. The number of benzene rings is 3. The molecule has 3 N–H and O–H groups in total. The van der Waals surface area contributed by atoms with Crippen molar-refractivity contribution >= 4 is 38.9 Å². The van der Waals surface area contributed by atoms with Gasteiger partial charge in [-0.15, -0.1) is 0 Å². The molecule has 3 aromatic rings. The minimum Gasteiger partial charge on any atom is -0.494 e. The molecule has 0 aliphatic carbocycles. The maximum atomic E-state index is 12.5. The van der Waals surface area contributed by atoms with Crippen molar-refractivity contribution in [1.82, 2.24) is 10.0 Å². The fourth-order valence-electron chi connectivity index (χ4n) is 3.06. The lowest BCUT2D eigenvalue weighted by atomic mass is 10.2. The summed E-state index contributed by atoms with van der Waals surface area (Å²) in [5, 5.41) is 5.60. The van der Waals surface area contributed by atoms with E-state index in [4.69, 9.17) is 17.0 Å². The summed E-state index contributed by atoms with van der Waals surface area (Å²) in [6.45, 7) is 2.87. The Morgan fingerprint density at radius 2 is 1.71 bits per heavy atom. The molecule has 0 saturated heterocycles. The van der Waals surface area contributed by atoms with E-state index in [2.05, 4.69) is 15.4 Å². The number of ether oxygens (including phenoxy) is 1. The highest BCUT2D eigenvalue weighted by Crippen LogP contribution is 2.15. The summed E-state index contributed by atoms with van der Waals surface area (Å²) < 4.78 is 33.2. The van der Waals surface area contributed by atoms with Crippen LogP contribution in [0.1, 0.15) is 29.3 Å². The maximum Gasteiger partial charge on any atom is 0.257 e. The number of hydrogen-bond donors (Lipinski definition) is 3. The molecule has 7 nitrogen and oxygen atoms in total. The molecule has 0 bridgehead atoms. The van der Waals surface area contributed by atoms with Crippen LogP contribution in [0.4, 0.5) is 5.69 Å². The Hall–Kier alpha value is -3.27. The number of amides is 1. The van der Waals surface area contributed by atoms with Crippen molar-refractivity contribution in [3.05, 3.63) is 90.0 Å². The van der Waals surface area contributed by atoms with Gasteiger partial charge in [0.1, 0.15) is 5.75 Å². The zero-order valence-corrected chi connectivity index (χ0v) is 20.4. The van der Waals surface area contributed by atoms with Crippen molar-refractivity contribution in [3.63, 3.8) is 0 Å². The van der Waals surface area contributed by atoms with Crippen LogP contribution in [0, 0.1) is 0 Å². The van der Waals surface area contributed by atoms with Crippen molar-refractivity contribution in [3.8, 4) is 5.75 Å². The molecule has 3 rings (SSSR count). The molecule has 0 fully saturated rings. The number of carbonyl (C=O) groups is 1. The molecule has 0 aliphatic rings. The second-order valence-electron chi connectivity index (χ2n) is 7.44. The van der Waals surface area contributed by atoms with Crippen molar-refractivity contribution in [2.45, 2.75) is 24.7 Å². The molecule has 0 spiro atoms. The molecular weight excluding hydrogens is 470 g/mol. The molecule has 0 aliphatic heterocycles. The normalized spacial score (nSPS) is 11.0. The lowest BCUT2D eigenvalue weighted by Crippen LogP contribution is -2.34. The van der Waals surface area contributed by atoms with Crippen LogP contribution in [0.25, 0.3) is 0 Å². The van der Waals surface area contributed by atoms with Crippen molar-refractivity contribution in [2.24, 2.45) is 0 Å². The van der Waals surface area contributed by atoms with Crippen LogP contribution < -0.4 is 20.1 Å². The molecule has 9 heteroatoms. The van der Waals surface area contributed by atoms with Gasteiger partial charge in [0, 0.05) is 17.8 Å². The van der Waals surface area contributed by atoms with Gasteiger partial charge in [0.2, 0.25) is 10.0 Å². The molecule has 0 atom stereocenters. The molecule has 34 heavy (non-hydrogen) atoms. The Morgan fingerprint density at radius 1 is 0.971 bits per heavy atom. The predicted molar refractivity (Wildman–Crippen MR) is 138 cm³/mol. The first-order chi connectivity index (χ1) is 16.4. The summed E-state index contributed by atoms with van der Waals surface area (Å²) in [4.78, 5) is 12.6. The third-order valence-electron chi connectivity index (χ3n) is 4.77. The Kier molecular flexibility index (Phi) is 9.15. The van der Waals surface area contributed by atoms with Gasteiger partial charge in [0.05, 0.1) is 11.5 Å². The second kappa shape index (κ2) is 12.3. The molecular formula is C25H27N3O4S2. The molecule has 0 aromatic heterocycles. The van der Waals surface area contributed by atoms with Crippen molar-refractivity contribution < 1.29 is 17.9 Å². The number of thiocarbonyl (C=S) groups is 1. The highest BCUT2D eigenvalue weighted by atomic mass is 32.2. The van der Waals surface area contributed by atoms with Gasteiger partial charge >= 0.3 is 0 Å². The minimum absolute atomic E-state index is 0.0986. The maximum absolute atomic E-state index is 12.5. The number of nitrogens with one attached hydrogen (secondary N) is 3. The third kappa shape index (κ3) is 7.65. The smallest absolute Gasteiger partial charge is 0.257 e. The van der Waals surface area contributed by atoms with Gasteiger partial charge in [0.25, 0.3) is 5.91 Å². The summed E-state index contributed by atoms with van der Waals surface area (Å²) in [7, 11) is -3.63. The summed E-state index contributed by atoms with van der Waals surface area (Å²) in [5.74, 6) is 0.240. The Labute approximate surface area is 205 Å². The van der Waals surface area contributed by atoms with E-state index in [1.807, 2.05) is 37.3 Å². The highest BCUT2D eigenvalue weighted by Gasteiger charge is 2.14. The molecule has 0 unspecified atom stereocenters. The van der Waals surface area contributed by atoms with Gasteiger partial charge in [-0.3, -0.25) is 10.1 Å². The standard InChI is InChI=1S/C25H27N3O4S2/c1-2-17-32-22-10-6-9-20(18-22)24(29)28-25(33)27-21-11-13-23(14-12-21)34(30,31)26-16-15-19-7-4-3-5-8-19/h3-14,18,26H,2,15-17H2,1H3,(H2,27,28,29,33). The fraction of sp³-hybridized carbons (Fsp3) is 0.200. The molecule has 178 valence electrons. The van der Waals surface area contributed by atoms with Gasteiger partial charge in [-0.05, 0) is 73.1 Å². The first-order valence-corrected chi connectivity index (χ1v) is 12.8. The van der Waals surface area contributed by atoms with E-state index < -0.39 is 10.0 Å². The molecule has 1 amide bonds. The van der Waals surface area contributed by atoms with E-state index in [-0.39, 0.29) is 15.9 Å². The van der Waals surface area contributed by atoms with E-state index in [0.717, 1.165) is 12.0 Å². The monoisotopic (exact) mass is 497 g/mol. The van der Waals surface area contributed by atoms with Gasteiger partial charge in [-0.25, -0.2) is 13.1 Å². The van der Waals surface area contributed by atoms with Gasteiger partial charge in [-0.2, -0.15) is 0 Å². The lowest BCUT2D eigenvalue weighted by Gasteiger charge is -2.12. The van der Waals surface area contributed by atoms with Crippen molar-refractivity contribution in [1.29, 1.82) is 0 Å². The zero-order valence-electron chi connectivity index (χ0n) is 18.8. The predicted octanol–water partition coefficient (Wildman–Crippen LogP) is 4.12. The second-order valence-corrected chi connectivity index (χ2v) is 9.62. The van der Waals surface area contributed by atoms with Crippen LogP contribution in [-0.4, -0.2) is 32.6 Å². The van der Waals surface area contributed by atoms with Gasteiger partial charge in [0.15, 0.2) is 5.11 Å². The molecule has 0 heterocycles. The summed E-state index contributed by atoms with van der Waals surface area (Å²) >= 11 is 5.22. The van der Waals surface area contributed by atoms with Crippen LogP contribution in [0.15, 0.2) is 83.8 Å². The van der Waals surface area contributed by atoms with E-state index in [9.17, 15) is 13.2 Å². The largest absolute Gasteiger partial charge is 0.494 e. The zero-order chi connectivity index (χ0) is 24.4. The number of rotatable bonds is 10. The summed E-state index contributed by atoms with van der Waals surface area (Å²) in [6, 6.07) is 22.6. The third-order valence-corrected chi connectivity index (χ3v) is 6.45. The minimum atomic E-state index is -3.63. The van der Waals surface area contributed by atoms with Crippen LogP contribution in [0.5, 0.6) is 5.75 Å². The van der Waals surface area contributed by atoms with E-state index >= 15 is 0 Å². The van der Waals surface area contributed by atoms with Crippen LogP contribution in [0.2, 0.25) is 0 Å². The first kappa shape index (κ1) is 25.4. The van der Waals surface area contributed by atoms with E-state index in [1.54, 1.807) is 36.4 Å². The molecule has 3 aromatic carbocycles. The fourth-order valence-corrected chi connectivity index (χ4v) is 4.30. The van der Waals surface area contributed by atoms with Crippen molar-refractivity contribution in [2.75, 3.05) is 18.5 Å². The van der Waals surface area contributed by atoms with Crippen LogP contribution in [-0.2, 0) is 16.4 Å². The number of carbonyl (C=O) groups excluding carboxylic acids is 1. The van der Waals surface area contributed by atoms with Gasteiger partial charge < -0.3 is 10.1 Å². The molecule has 0 saturated carbocycles. The lowest BCUT2D eigenvalue weighted by molar-refractivity contribution is 0.0977. The summed E-state index contributed by atoms with van der Waals surface area (Å²) in [5.41, 5.74) is 2.02.